The van der Waals surface area contributed by atoms with Crippen LogP contribution in [0.15, 0.2) is 53.2 Å². The van der Waals surface area contributed by atoms with Gasteiger partial charge in [-0.25, -0.2) is 0 Å². The fourth-order valence-corrected chi connectivity index (χ4v) is 5.49. The van der Waals surface area contributed by atoms with Gasteiger partial charge in [-0.15, -0.1) is 22.7 Å². The van der Waals surface area contributed by atoms with Crippen molar-refractivity contribution in [1.29, 1.82) is 0 Å². The van der Waals surface area contributed by atoms with Crippen molar-refractivity contribution >= 4 is 34.7 Å². The molecule has 2 aliphatic heterocycles. The predicted molar refractivity (Wildman–Crippen MR) is 112 cm³/mol. The SMILES string of the molecule is O=C(/C=C/c1ccc2c(c1)OCCO2)N1CCc2sccc2[C@@H]1c1cccs1. The fourth-order valence-electron chi connectivity index (χ4n) is 3.73. The number of fused-ring (bicyclic) bond motifs is 2. The molecule has 1 amide bonds. The van der Waals surface area contributed by atoms with Gasteiger partial charge in [-0.05, 0) is 58.6 Å². The van der Waals surface area contributed by atoms with Gasteiger partial charge in [0.15, 0.2) is 11.5 Å². The van der Waals surface area contributed by atoms with Gasteiger partial charge in [0.2, 0.25) is 5.91 Å². The molecular formula is C22H19NO3S2. The maximum absolute atomic E-state index is 13.1. The molecule has 1 aromatic carbocycles. The van der Waals surface area contributed by atoms with Gasteiger partial charge >= 0.3 is 0 Å². The normalized spacial score (nSPS) is 18.3. The molecule has 6 heteroatoms. The third-order valence-electron chi connectivity index (χ3n) is 5.05. The fraction of sp³-hybridized carbons (Fsp3) is 0.227. The first-order valence-corrected chi connectivity index (χ1v) is 11.0. The average molecular weight is 410 g/mol. The highest BCUT2D eigenvalue weighted by Crippen LogP contribution is 2.39. The number of rotatable bonds is 3. The van der Waals surface area contributed by atoms with Crippen molar-refractivity contribution in [2.24, 2.45) is 0 Å². The van der Waals surface area contributed by atoms with Crippen LogP contribution in [0.5, 0.6) is 11.5 Å². The summed E-state index contributed by atoms with van der Waals surface area (Å²) in [7, 11) is 0. The van der Waals surface area contributed by atoms with Crippen molar-refractivity contribution in [3.05, 3.63) is 74.1 Å². The van der Waals surface area contributed by atoms with E-state index in [0.717, 1.165) is 30.0 Å². The van der Waals surface area contributed by atoms with E-state index in [1.165, 1.54) is 15.3 Å². The molecule has 28 heavy (non-hydrogen) atoms. The largest absolute Gasteiger partial charge is 0.486 e. The van der Waals surface area contributed by atoms with Crippen LogP contribution in [0.3, 0.4) is 0 Å². The number of benzene rings is 1. The lowest BCUT2D eigenvalue weighted by molar-refractivity contribution is -0.127. The van der Waals surface area contributed by atoms with E-state index >= 15 is 0 Å². The summed E-state index contributed by atoms with van der Waals surface area (Å²) in [6.45, 7) is 1.86. The van der Waals surface area contributed by atoms with Gasteiger partial charge in [-0.3, -0.25) is 4.79 Å². The maximum atomic E-state index is 13.1. The summed E-state index contributed by atoms with van der Waals surface area (Å²) in [6.07, 6.45) is 4.44. The highest BCUT2D eigenvalue weighted by Gasteiger charge is 2.32. The Kier molecular flexibility index (Phi) is 4.66. The Bertz CT molecular complexity index is 1020. The number of amides is 1. The Balaban J connectivity index is 1.40. The first-order valence-electron chi connectivity index (χ1n) is 9.27. The monoisotopic (exact) mass is 409 g/mol. The molecule has 2 aliphatic rings. The molecule has 4 nitrogen and oxygen atoms in total. The van der Waals surface area contributed by atoms with E-state index in [1.54, 1.807) is 28.7 Å². The van der Waals surface area contributed by atoms with E-state index in [9.17, 15) is 4.79 Å². The zero-order valence-electron chi connectivity index (χ0n) is 15.2. The smallest absolute Gasteiger partial charge is 0.247 e. The van der Waals surface area contributed by atoms with Crippen molar-refractivity contribution < 1.29 is 14.3 Å². The molecular weight excluding hydrogens is 390 g/mol. The van der Waals surface area contributed by atoms with Crippen LogP contribution in [0.1, 0.15) is 26.9 Å². The Labute approximate surface area is 171 Å². The zero-order chi connectivity index (χ0) is 18.9. The van der Waals surface area contributed by atoms with Gasteiger partial charge < -0.3 is 14.4 Å². The Morgan fingerprint density at radius 2 is 1.96 bits per heavy atom. The molecule has 0 aliphatic carbocycles. The molecule has 142 valence electrons. The molecule has 0 saturated carbocycles. The molecule has 1 atom stereocenters. The van der Waals surface area contributed by atoms with Gasteiger partial charge in [0.05, 0.1) is 6.04 Å². The summed E-state index contributed by atoms with van der Waals surface area (Å²) in [6, 6.07) is 12.1. The molecule has 0 radical (unpaired) electrons. The van der Waals surface area contributed by atoms with Crippen LogP contribution in [0.25, 0.3) is 6.08 Å². The molecule has 0 bridgehead atoms. The first kappa shape index (κ1) is 17.5. The Morgan fingerprint density at radius 1 is 1.07 bits per heavy atom. The second-order valence-electron chi connectivity index (χ2n) is 6.74. The number of hydrogen-bond acceptors (Lipinski definition) is 5. The van der Waals surface area contributed by atoms with Crippen molar-refractivity contribution in [2.45, 2.75) is 12.5 Å². The summed E-state index contributed by atoms with van der Waals surface area (Å²) in [5, 5.41) is 4.20. The first-order chi connectivity index (χ1) is 13.8. The predicted octanol–water partition coefficient (Wildman–Crippen LogP) is 4.77. The maximum Gasteiger partial charge on any atom is 0.247 e. The van der Waals surface area contributed by atoms with Crippen molar-refractivity contribution in [3.8, 4) is 11.5 Å². The lowest BCUT2D eigenvalue weighted by Gasteiger charge is -2.34. The Hall–Kier alpha value is -2.57. The summed E-state index contributed by atoms with van der Waals surface area (Å²) in [5.41, 5.74) is 2.19. The molecule has 0 saturated heterocycles. The van der Waals surface area contributed by atoms with Crippen molar-refractivity contribution in [1.82, 2.24) is 4.90 Å². The minimum atomic E-state index is 0.00687. The highest BCUT2D eigenvalue weighted by atomic mass is 32.1. The van der Waals surface area contributed by atoms with Crippen LogP contribution in [-0.2, 0) is 11.2 Å². The summed E-state index contributed by atoms with van der Waals surface area (Å²) < 4.78 is 11.2. The standard InChI is InChI=1S/C22H19NO3S2/c24-21(6-4-15-3-5-17-18(14-15)26-11-10-25-17)23-9-7-19-16(8-13-28-19)22(23)20-2-1-12-27-20/h1-6,8,12-14,22H,7,9-11H2/b6-4+/t22-/m1/s1. The van der Waals surface area contributed by atoms with Crippen LogP contribution in [0.4, 0.5) is 0 Å². The second-order valence-corrected chi connectivity index (χ2v) is 8.72. The van der Waals surface area contributed by atoms with E-state index in [4.69, 9.17) is 9.47 Å². The number of carbonyl (C=O) groups excluding carboxylic acids is 1. The number of carbonyl (C=O) groups is 1. The van der Waals surface area contributed by atoms with Crippen molar-refractivity contribution in [2.75, 3.05) is 19.8 Å². The van der Waals surface area contributed by atoms with E-state index in [-0.39, 0.29) is 11.9 Å². The highest BCUT2D eigenvalue weighted by molar-refractivity contribution is 7.10. The van der Waals surface area contributed by atoms with E-state index in [0.29, 0.717) is 13.2 Å². The third kappa shape index (κ3) is 3.23. The topological polar surface area (TPSA) is 38.8 Å². The molecule has 5 rings (SSSR count). The molecule has 2 aromatic heterocycles. The number of thiophene rings is 2. The number of ether oxygens (including phenoxy) is 2. The van der Waals surface area contributed by atoms with Gasteiger partial charge in [0.25, 0.3) is 0 Å². The second kappa shape index (κ2) is 7.45. The van der Waals surface area contributed by atoms with Crippen LogP contribution < -0.4 is 9.47 Å². The van der Waals surface area contributed by atoms with Crippen LogP contribution >= 0.6 is 22.7 Å². The third-order valence-corrected chi connectivity index (χ3v) is 6.97. The minimum Gasteiger partial charge on any atom is -0.486 e. The molecule has 0 spiro atoms. The molecule has 0 unspecified atom stereocenters. The zero-order valence-corrected chi connectivity index (χ0v) is 16.8. The quantitative estimate of drug-likeness (QED) is 0.585. The van der Waals surface area contributed by atoms with Crippen molar-refractivity contribution in [3.63, 3.8) is 0 Å². The molecule has 3 aromatic rings. The molecule has 0 N–H and O–H groups in total. The number of nitrogens with zero attached hydrogens (tertiary/aromatic N) is 1. The summed E-state index contributed by atoms with van der Waals surface area (Å²) >= 11 is 3.49. The van der Waals surface area contributed by atoms with Crippen LogP contribution in [0, 0.1) is 0 Å². The number of hydrogen-bond donors (Lipinski definition) is 0. The van der Waals surface area contributed by atoms with E-state index in [1.807, 2.05) is 35.2 Å². The van der Waals surface area contributed by atoms with Gasteiger partial charge in [0, 0.05) is 22.4 Å². The van der Waals surface area contributed by atoms with E-state index in [2.05, 4.69) is 22.9 Å². The van der Waals surface area contributed by atoms with Gasteiger partial charge in [0.1, 0.15) is 13.2 Å². The van der Waals surface area contributed by atoms with Gasteiger partial charge in [-0.1, -0.05) is 12.1 Å². The molecule has 4 heterocycles. The summed E-state index contributed by atoms with van der Waals surface area (Å²) in [5.74, 6) is 1.52. The lowest BCUT2D eigenvalue weighted by Crippen LogP contribution is -2.38. The van der Waals surface area contributed by atoms with Crippen LogP contribution in [-0.4, -0.2) is 30.6 Å². The Morgan fingerprint density at radius 3 is 2.82 bits per heavy atom. The van der Waals surface area contributed by atoms with E-state index < -0.39 is 0 Å². The lowest BCUT2D eigenvalue weighted by atomic mass is 9.98. The van der Waals surface area contributed by atoms with Crippen LogP contribution in [0.2, 0.25) is 0 Å². The summed E-state index contributed by atoms with van der Waals surface area (Å²) in [4.78, 5) is 17.7. The molecule has 0 fully saturated rings. The van der Waals surface area contributed by atoms with Gasteiger partial charge in [-0.2, -0.15) is 0 Å². The minimum absolute atomic E-state index is 0.00687. The average Bonchev–Trinajstić information content (AvgIpc) is 3.43.